The molecule has 0 aliphatic carbocycles. The molecule has 0 aliphatic heterocycles. The van der Waals surface area contributed by atoms with Gasteiger partial charge in [0.1, 0.15) is 0 Å². The van der Waals surface area contributed by atoms with E-state index in [-0.39, 0.29) is 11.7 Å². The molecule has 166 valence electrons. The van der Waals surface area contributed by atoms with Crippen LogP contribution in [0.25, 0.3) is 5.78 Å². The quantitative estimate of drug-likeness (QED) is 0.278. The van der Waals surface area contributed by atoms with E-state index in [2.05, 4.69) is 67.3 Å². The summed E-state index contributed by atoms with van der Waals surface area (Å²) in [5.74, 6) is 3.57. The lowest BCUT2D eigenvalue weighted by Crippen LogP contribution is -2.27. The second-order valence-electron chi connectivity index (χ2n) is 6.73. The van der Waals surface area contributed by atoms with Crippen LogP contribution in [0.1, 0.15) is 25.0 Å². The minimum atomic E-state index is -0.0344. The minimum Gasteiger partial charge on any atom is -0.355 e. The second kappa shape index (κ2) is 11.8. The smallest absolute Gasteiger partial charge is 0.261 e. The molecule has 9 nitrogen and oxygen atoms in total. The summed E-state index contributed by atoms with van der Waals surface area (Å²) in [5, 5.41) is 18.1. The van der Waals surface area contributed by atoms with Crippen molar-refractivity contribution in [2.45, 2.75) is 31.7 Å². The van der Waals surface area contributed by atoms with Crippen molar-refractivity contribution in [1.82, 2.24) is 29.9 Å². The molecule has 0 saturated heterocycles. The monoisotopic (exact) mass is 460 g/mol. The van der Waals surface area contributed by atoms with E-state index >= 15 is 0 Å². The standard InChI is InChI=1S/C20H28N8OS2/c1-4-21-17-24-18(22-5-2)28-19(25-17)26-27-20(28)31-13-16(29)23-10-11-30-12-15-8-6-14(3)7-9-15/h6-9H,4-5,10-13H2,1-3H3,(H,23,29)(H2,21,22,24,25,26). The molecule has 31 heavy (non-hydrogen) atoms. The molecule has 0 fully saturated rings. The van der Waals surface area contributed by atoms with Gasteiger partial charge in [0, 0.05) is 31.1 Å². The van der Waals surface area contributed by atoms with Crippen LogP contribution < -0.4 is 16.0 Å². The fourth-order valence-corrected chi connectivity index (χ4v) is 4.29. The van der Waals surface area contributed by atoms with Gasteiger partial charge in [0.05, 0.1) is 5.75 Å². The number of hydrogen-bond donors (Lipinski definition) is 3. The molecule has 0 saturated carbocycles. The van der Waals surface area contributed by atoms with Crippen molar-refractivity contribution < 1.29 is 4.79 Å². The van der Waals surface area contributed by atoms with E-state index in [1.807, 2.05) is 13.8 Å². The SMILES string of the molecule is CCNc1nc(NCC)n2c(SCC(=O)NCCSCc3ccc(C)cc3)nnc2n1. The average molecular weight is 461 g/mol. The fourth-order valence-electron chi connectivity index (χ4n) is 2.72. The van der Waals surface area contributed by atoms with E-state index in [0.29, 0.717) is 42.5 Å². The fraction of sp³-hybridized carbons (Fsp3) is 0.450. The zero-order chi connectivity index (χ0) is 22.1. The highest BCUT2D eigenvalue weighted by molar-refractivity contribution is 7.99. The Hall–Kier alpha value is -2.53. The van der Waals surface area contributed by atoms with Crippen LogP contribution in [0.15, 0.2) is 29.4 Å². The number of aryl methyl sites for hydroxylation is 1. The molecule has 3 aromatic rings. The Morgan fingerprint density at radius 3 is 2.58 bits per heavy atom. The third-order valence-electron chi connectivity index (χ3n) is 4.21. The maximum absolute atomic E-state index is 12.2. The topological polar surface area (TPSA) is 109 Å². The van der Waals surface area contributed by atoms with Crippen LogP contribution in [0.5, 0.6) is 0 Å². The average Bonchev–Trinajstić information content (AvgIpc) is 3.17. The number of carbonyl (C=O) groups excluding carboxylic acids is 1. The number of nitrogens with one attached hydrogen (secondary N) is 3. The van der Waals surface area contributed by atoms with E-state index in [1.165, 1.54) is 22.9 Å². The Morgan fingerprint density at radius 1 is 1.06 bits per heavy atom. The molecule has 11 heteroatoms. The number of anilines is 2. The van der Waals surface area contributed by atoms with E-state index in [0.717, 1.165) is 11.5 Å². The van der Waals surface area contributed by atoms with Crippen molar-refractivity contribution in [2.24, 2.45) is 0 Å². The van der Waals surface area contributed by atoms with Crippen LogP contribution in [-0.4, -0.2) is 61.6 Å². The molecule has 1 aromatic carbocycles. The van der Waals surface area contributed by atoms with Gasteiger partial charge >= 0.3 is 0 Å². The van der Waals surface area contributed by atoms with E-state index < -0.39 is 0 Å². The number of nitrogens with zero attached hydrogens (tertiary/aromatic N) is 5. The predicted octanol–water partition coefficient (Wildman–Crippen LogP) is 2.83. The largest absolute Gasteiger partial charge is 0.355 e. The van der Waals surface area contributed by atoms with Crippen molar-refractivity contribution in [3.8, 4) is 0 Å². The van der Waals surface area contributed by atoms with Crippen molar-refractivity contribution in [3.05, 3.63) is 35.4 Å². The summed E-state index contributed by atoms with van der Waals surface area (Å²) in [5.41, 5.74) is 2.56. The Kier molecular flexibility index (Phi) is 8.77. The third-order valence-corrected chi connectivity index (χ3v) is 6.17. The first-order chi connectivity index (χ1) is 15.1. The number of aromatic nitrogens is 5. The van der Waals surface area contributed by atoms with Gasteiger partial charge in [-0.15, -0.1) is 10.2 Å². The summed E-state index contributed by atoms with van der Waals surface area (Å²) in [6, 6.07) is 8.54. The van der Waals surface area contributed by atoms with Crippen LogP contribution in [0, 0.1) is 6.92 Å². The van der Waals surface area contributed by atoms with Gasteiger partial charge in [-0.2, -0.15) is 21.7 Å². The van der Waals surface area contributed by atoms with E-state index in [1.54, 1.807) is 16.2 Å². The first kappa shape index (κ1) is 23.1. The van der Waals surface area contributed by atoms with Crippen molar-refractivity contribution >= 4 is 47.1 Å². The van der Waals surface area contributed by atoms with Crippen LogP contribution in [-0.2, 0) is 10.5 Å². The number of thioether (sulfide) groups is 2. The Bertz CT molecular complexity index is 993. The molecule has 0 atom stereocenters. The highest BCUT2D eigenvalue weighted by Gasteiger charge is 2.15. The van der Waals surface area contributed by atoms with Crippen LogP contribution in [0.2, 0.25) is 0 Å². The van der Waals surface area contributed by atoms with Crippen LogP contribution >= 0.6 is 23.5 Å². The number of amides is 1. The number of benzene rings is 1. The zero-order valence-electron chi connectivity index (χ0n) is 18.0. The van der Waals surface area contributed by atoms with Crippen molar-refractivity contribution in [1.29, 1.82) is 0 Å². The lowest BCUT2D eigenvalue weighted by atomic mass is 10.2. The summed E-state index contributed by atoms with van der Waals surface area (Å²) in [6.07, 6.45) is 0. The molecule has 0 radical (unpaired) electrons. The molecule has 3 N–H and O–H groups in total. The molecule has 0 unspecified atom stereocenters. The highest BCUT2D eigenvalue weighted by atomic mass is 32.2. The Morgan fingerprint density at radius 2 is 1.84 bits per heavy atom. The minimum absolute atomic E-state index is 0.0344. The summed E-state index contributed by atoms with van der Waals surface area (Å²) >= 11 is 3.12. The van der Waals surface area contributed by atoms with Crippen LogP contribution in [0.3, 0.4) is 0 Å². The molecule has 0 bridgehead atoms. The molecule has 2 heterocycles. The van der Waals surface area contributed by atoms with Gasteiger partial charge in [-0.05, 0) is 26.3 Å². The summed E-state index contributed by atoms with van der Waals surface area (Å²) in [4.78, 5) is 21.1. The third kappa shape index (κ3) is 6.73. The summed E-state index contributed by atoms with van der Waals surface area (Å²) < 4.78 is 1.74. The number of rotatable bonds is 12. The molecule has 3 rings (SSSR count). The molecule has 2 aromatic heterocycles. The molecule has 0 aliphatic rings. The number of hydrogen-bond acceptors (Lipinski definition) is 9. The van der Waals surface area contributed by atoms with Gasteiger partial charge in [0.25, 0.3) is 5.78 Å². The first-order valence-corrected chi connectivity index (χ1v) is 12.4. The molecular formula is C20H28N8OS2. The Labute approximate surface area is 190 Å². The molecule has 0 spiro atoms. The number of fused-ring (bicyclic) bond motifs is 1. The maximum Gasteiger partial charge on any atom is 0.261 e. The summed E-state index contributed by atoms with van der Waals surface area (Å²) in [6.45, 7) is 8.09. The highest BCUT2D eigenvalue weighted by Crippen LogP contribution is 2.21. The first-order valence-electron chi connectivity index (χ1n) is 10.2. The van der Waals surface area contributed by atoms with Gasteiger partial charge in [0.15, 0.2) is 5.16 Å². The van der Waals surface area contributed by atoms with E-state index in [4.69, 9.17) is 0 Å². The summed E-state index contributed by atoms with van der Waals surface area (Å²) in [7, 11) is 0. The maximum atomic E-state index is 12.2. The van der Waals surface area contributed by atoms with Crippen LogP contribution in [0.4, 0.5) is 11.9 Å². The lowest BCUT2D eigenvalue weighted by Gasteiger charge is -2.09. The van der Waals surface area contributed by atoms with Crippen molar-refractivity contribution in [3.63, 3.8) is 0 Å². The van der Waals surface area contributed by atoms with Gasteiger partial charge < -0.3 is 16.0 Å². The predicted molar refractivity (Wildman–Crippen MR) is 128 cm³/mol. The van der Waals surface area contributed by atoms with Gasteiger partial charge in [0.2, 0.25) is 17.8 Å². The second-order valence-corrected chi connectivity index (χ2v) is 8.77. The molecule has 1 amide bonds. The molecular weight excluding hydrogens is 432 g/mol. The number of carbonyl (C=O) groups is 1. The zero-order valence-corrected chi connectivity index (χ0v) is 19.6. The van der Waals surface area contributed by atoms with E-state index in [9.17, 15) is 4.79 Å². The van der Waals surface area contributed by atoms with Gasteiger partial charge in [-0.25, -0.2) is 4.40 Å². The normalized spacial score (nSPS) is 10.9. The van der Waals surface area contributed by atoms with Crippen molar-refractivity contribution in [2.75, 3.05) is 41.8 Å². The van der Waals surface area contributed by atoms with Gasteiger partial charge in [-0.3, -0.25) is 4.79 Å². The Balaban J connectivity index is 1.47. The van der Waals surface area contributed by atoms with Gasteiger partial charge in [-0.1, -0.05) is 41.6 Å². The lowest BCUT2D eigenvalue weighted by molar-refractivity contribution is -0.118.